The summed E-state index contributed by atoms with van der Waals surface area (Å²) in [6.45, 7) is 4.28. The van der Waals surface area contributed by atoms with Crippen LogP contribution in [-0.2, 0) is 11.2 Å². The first-order valence-corrected chi connectivity index (χ1v) is 4.82. The molecule has 2 rings (SSSR count). The van der Waals surface area contributed by atoms with Gasteiger partial charge in [0.25, 0.3) is 0 Å². The highest BCUT2D eigenvalue weighted by molar-refractivity contribution is 5.96. The van der Waals surface area contributed by atoms with Crippen molar-refractivity contribution in [3.63, 3.8) is 0 Å². The van der Waals surface area contributed by atoms with Gasteiger partial charge in [-0.15, -0.1) is 6.58 Å². The summed E-state index contributed by atoms with van der Waals surface area (Å²) in [6, 6.07) is 8.06. The van der Waals surface area contributed by atoms with E-state index in [1.54, 1.807) is 11.0 Å². The number of carbonyl (C=O) groups excluding carboxylic acids is 1. The minimum Gasteiger partial charge on any atom is -0.308 e. The molecule has 0 spiro atoms. The first kappa shape index (κ1) is 9.00. The molecule has 0 saturated carbocycles. The van der Waals surface area contributed by atoms with Crippen LogP contribution in [0.15, 0.2) is 36.9 Å². The van der Waals surface area contributed by atoms with E-state index in [2.05, 4.69) is 12.6 Å². The highest BCUT2D eigenvalue weighted by Crippen LogP contribution is 2.26. The maximum absolute atomic E-state index is 11.6. The normalized spacial score (nSPS) is 15.1. The van der Waals surface area contributed by atoms with Crippen molar-refractivity contribution in [3.05, 3.63) is 42.5 Å². The maximum Gasteiger partial charge on any atom is 0.227 e. The zero-order valence-electron chi connectivity index (χ0n) is 8.07. The van der Waals surface area contributed by atoms with Crippen molar-refractivity contribution in [1.82, 2.24) is 0 Å². The van der Waals surface area contributed by atoms with Gasteiger partial charge in [-0.3, -0.25) is 4.79 Å². The van der Waals surface area contributed by atoms with Crippen LogP contribution in [0.4, 0.5) is 5.69 Å². The Kier molecular flexibility index (Phi) is 2.35. The number of hydrogen-bond donors (Lipinski definition) is 0. The molecular formula is C12H13NO. The second-order valence-electron chi connectivity index (χ2n) is 3.42. The second kappa shape index (κ2) is 3.66. The van der Waals surface area contributed by atoms with Crippen LogP contribution in [0.2, 0.25) is 0 Å². The van der Waals surface area contributed by atoms with Gasteiger partial charge in [-0.1, -0.05) is 24.3 Å². The van der Waals surface area contributed by atoms with Crippen molar-refractivity contribution >= 4 is 11.6 Å². The van der Waals surface area contributed by atoms with Gasteiger partial charge in [0.05, 0.1) is 0 Å². The Labute approximate surface area is 83.8 Å². The van der Waals surface area contributed by atoms with E-state index in [1.807, 2.05) is 18.2 Å². The average Bonchev–Trinajstić information content (AvgIpc) is 2.23. The molecule has 0 aromatic heterocycles. The fourth-order valence-corrected chi connectivity index (χ4v) is 1.83. The van der Waals surface area contributed by atoms with Crippen LogP contribution in [0.1, 0.15) is 12.0 Å². The molecule has 0 saturated heterocycles. The molecule has 1 aliphatic heterocycles. The average molecular weight is 187 g/mol. The van der Waals surface area contributed by atoms with Crippen molar-refractivity contribution in [2.75, 3.05) is 11.4 Å². The third-order valence-corrected chi connectivity index (χ3v) is 2.50. The first-order valence-electron chi connectivity index (χ1n) is 4.82. The lowest BCUT2D eigenvalue weighted by atomic mass is 10.0. The number of benzene rings is 1. The van der Waals surface area contributed by atoms with Gasteiger partial charge in [0, 0.05) is 18.7 Å². The van der Waals surface area contributed by atoms with Crippen LogP contribution >= 0.6 is 0 Å². The fraction of sp³-hybridized carbons (Fsp3) is 0.250. The summed E-state index contributed by atoms with van der Waals surface area (Å²) in [4.78, 5) is 13.4. The number of hydrogen-bond acceptors (Lipinski definition) is 1. The van der Waals surface area contributed by atoms with E-state index in [9.17, 15) is 4.79 Å². The van der Waals surface area contributed by atoms with Crippen molar-refractivity contribution in [3.8, 4) is 0 Å². The SMILES string of the molecule is C=CCN1C(=O)CCc2ccccc21. The number of amides is 1. The Hall–Kier alpha value is -1.57. The lowest BCUT2D eigenvalue weighted by Gasteiger charge is -2.28. The monoisotopic (exact) mass is 187 g/mol. The molecule has 1 amide bonds. The van der Waals surface area contributed by atoms with Gasteiger partial charge in [-0.2, -0.15) is 0 Å². The van der Waals surface area contributed by atoms with Gasteiger partial charge < -0.3 is 4.90 Å². The molecule has 0 unspecified atom stereocenters. The lowest BCUT2D eigenvalue weighted by molar-refractivity contribution is -0.118. The van der Waals surface area contributed by atoms with E-state index >= 15 is 0 Å². The van der Waals surface area contributed by atoms with Gasteiger partial charge >= 0.3 is 0 Å². The number of carbonyl (C=O) groups is 1. The Morgan fingerprint density at radius 2 is 2.14 bits per heavy atom. The number of rotatable bonds is 2. The van der Waals surface area contributed by atoms with Gasteiger partial charge in [0.2, 0.25) is 5.91 Å². The number of nitrogens with zero attached hydrogens (tertiary/aromatic N) is 1. The zero-order valence-corrected chi connectivity index (χ0v) is 8.07. The van der Waals surface area contributed by atoms with Gasteiger partial charge in [0.1, 0.15) is 0 Å². The minimum absolute atomic E-state index is 0.198. The van der Waals surface area contributed by atoms with E-state index < -0.39 is 0 Å². The minimum atomic E-state index is 0.198. The van der Waals surface area contributed by atoms with E-state index in [-0.39, 0.29) is 5.91 Å². The molecule has 1 aliphatic rings. The molecule has 72 valence electrons. The fourth-order valence-electron chi connectivity index (χ4n) is 1.83. The van der Waals surface area contributed by atoms with Crippen molar-refractivity contribution in [2.24, 2.45) is 0 Å². The number of para-hydroxylation sites is 1. The molecule has 14 heavy (non-hydrogen) atoms. The van der Waals surface area contributed by atoms with E-state index in [0.29, 0.717) is 13.0 Å². The Morgan fingerprint density at radius 1 is 1.36 bits per heavy atom. The summed E-state index contributed by atoms with van der Waals surface area (Å²) in [5.74, 6) is 0.198. The Morgan fingerprint density at radius 3 is 2.93 bits per heavy atom. The molecule has 1 aromatic rings. The Bertz CT molecular complexity index is 370. The van der Waals surface area contributed by atoms with Crippen molar-refractivity contribution < 1.29 is 4.79 Å². The third kappa shape index (κ3) is 1.43. The van der Waals surface area contributed by atoms with Crippen LogP contribution in [0.25, 0.3) is 0 Å². The topological polar surface area (TPSA) is 20.3 Å². The molecular weight excluding hydrogens is 174 g/mol. The standard InChI is InChI=1S/C12H13NO/c1-2-9-13-11-6-4-3-5-10(11)7-8-12(13)14/h2-6H,1,7-9H2. The molecule has 0 atom stereocenters. The molecule has 0 fully saturated rings. The predicted octanol–water partition coefficient (Wildman–Crippen LogP) is 2.15. The van der Waals surface area contributed by atoms with Crippen molar-refractivity contribution in [1.29, 1.82) is 0 Å². The summed E-state index contributed by atoms with van der Waals surface area (Å²) in [5.41, 5.74) is 2.30. The van der Waals surface area contributed by atoms with E-state index in [1.165, 1.54) is 5.56 Å². The van der Waals surface area contributed by atoms with E-state index in [0.717, 1.165) is 12.1 Å². The molecule has 0 N–H and O–H groups in total. The van der Waals surface area contributed by atoms with Crippen LogP contribution in [0, 0.1) is 0 Å². The van der Waals surface area contributed by atoms with Gasteiger partial charge in [-0.25, -0.2) is 0 Å². The summed E-state index contributed by atoms with van der Waals surface area (Å²) < 4.78 is 0. The molecule has 2 heteroatoms. The van der Waals surface area contributed by atoms with Gasteiger partial charge in [-0.05, 0) is 18.1 Å². The van der Waals surface area contributed by atoms with Crippen LogP contribution in [0.3, 0.4) is 0 Å². The molecule has 0 aliphatic carbocycles. The molecule has 1 aromatic carbocycles. The van der Waals surface area contributed by atoms with Gasteiger partial charge in [0.15, 0.2) is 0 Å². The number of aryl methyl sites for hydroxylation is 1. The van der Waals surface area contributed by atoms with E-state index in [4.69, 9.17) is 0 Å². The highest BCUT2D eigenvalue weighted by Gasteiger charge is 2.21. The summed E-state index contributed by atoms with van der Waals surface area (Å²) >= 11 is 0. The lowest BCUT2D eigenvalue weighted by Crippen LogP contribution is -2.35. The van der Waals surface area contributed by atoms with Crippen LogP contribution < -0.4 is 4.90 Å². The molecule has 0 bridgehead atoms. The summed E-state index contributed by atoms with van der Waals surface area (Å²) in [7, 11) is 0. The Balaban J connectivity index is 2.40. The quantitative estimate of drug-likeness (QED) is 0.650. The highest BCUT2D eigenvalue weighted by atomic mass is 16.2. The van der Waals surface area contributed by atoms with Crippen LogP contribution in [-0.4, -0.2) is 12.5 Å². The third-order valence-electron chi connectivity index (χ3n) is 2.50. The number of anilines is 1. The smallest absolute Gasteiger partial charge is 0.227 e. The summed E-state index contributed by atoms with van der Waals surface area (Å²) in [6.07, 6.45) is 3.24. The number of fused-ring (bicyclic) bond motifs is 1. The van der Waals surface area contributed by atoms with Crippen molar-refractivity contribution in [2.45, 2.75) is 12.8 Å². The molecule has 2 nitrogen and oxygen atoms in total. The molecule has 1 heterocycles. The predicted molar refractivity (Wildman–Crippen MR) is 57.3 cm³/mol. The largest absolute Gasteiger partial charge is 0.308 e. The van der Waals surface area contributed by atoms with Crippen LogP contribution in [0.5, 0.6) is 0 Å². The first-order chi connectivity index (χ1) is 6.83. The zero-order chi connectivity index (χ0) is 9.97. The maximum atomic E-state index is 11.6. The second-order valence-corrected chi connectivity index (χ2v) is 3.42. The summed E-state index contributed by atoms with van der Waals surface area (Å²) in [5, 5.41) is 0. The molecule has 0 radical (unpaired) electrons.